The summed E-state index contributed by atoms with van der Waals surface area (Å²) in [5.74, 6) is 0.829. The number of benzene rings is 2. The second kappa shape index (κ2) is 8.60. The molecule has 0 saturated heterocycles. The van der Waals surface area contributed by atoms with Gasteiger partial charge in [0, 0.05) is 5.02 Å². The normalized spacial score (nSPS) is 10.0. The van der Waals surface area contributed by atoms with Gasteiger partial charge in [-0.15, -0.1) is 0 Å². The van der Waals surface area contributed by atoms with E-state index in [1.165, 1.54) is 0 Å². The molecule has 1 amide bonds. The van der Waals surface area contributed by atoms with E-state index in [0.29, 0.717) is 33.3 Å². The molecule has 2 aromatic rings. The second-order valence-electron chi connectivity index (χ2n) is 4.51. The number of hydrogen-bond acceptors (Lipinski definition) is 3. The van der Waals surface area contributed by atoms with E-state index in [4.69, 9.17) is 21.1 Å². The lowest BCUT2D eigenvalue weighted by atomic mass is 10.3. The molecule has 0 heterocycles. The molecule has 0 unspecified atom stereocenters. The van der Waals surface area contributed by atoms with Gasteiger partial charge in [-0.3, -0.25) is 4.79 Å². The highest BCUT2D eigenvalue weighted by Gasteiger charge is 2.09. The molecule has 2 aromatic carbocycles. The van der Waals surface area contributed by atoms with Crippen LogP contribution in [0.4, 0.5) is 5.69 Å². The third kappa shape index (κ3) is 5.30. The number of nitrogens with one attached hydrogen (secondary N) is 1. The first kappa shape index (κ1) is 17.4. The first-order valence-corrected chi connectivity index (χ1v) is 7.97. The zero-order valence-corrected chi connectivity index (χ0v) is 14.6. The highest BCUT2D eigenvalue weighted by molar-refractivity contribution is 9.10. The Kier molecular flexibility index (Phi) is 6.50. The van der Waals surface area contributed by atoms with Crippen LogP contribution >= 0.6 is 27.5 Å². The van der Waals surface area contributed by atoms with Gasteiger partial charge in [0.05, 0.1) is 10.2 Å². The zero-order valence-electron chi connectivity index (χ0n) is 12.2. The molecule has 2 rings (SSSR count). The van der Waals surface area contributed by atoms with Gasteiger partial charge in [0.25, 0.3) is 5.91 Å². The maximum absolute atomic E-state index is 12.0. The third-order valence-electron chi connectivity index (χ3n) is 2.77. The lowest BCUT2D eigenvalue weighted by molar-refractivity contribution is -0.118. The van der Waals surface area contributed by atoms with Crippen molar-refractivity contribution in [3.05, 3.63) is 64.6 Å². The number of halogens is 2. The maximum atomic E-state index is 12.0. The molecule has 0 atom stereocenters. The minimum Gasteiger partial charge on any atom is -0.487 e. The fourth-order valence-corrected chi connectivity index (χ4v) is 2.56. The SMILES string of the molecule is C=CCOc1ccccc1NC(=O)COc1ccc(Cl)cc1Br. The number of amides is 1. The van der Waals surface area contributed by atoms with E-state index in [1.54, 1.807) is 36.4 Å². The van der Waals surface area contributed by atoms with Crippen molar-refractivity contribution in [2.24, 2.45) is 0 Å². The summed E-state index contributed by atoms with van der Waals surface area (Å²) in [7, 11) is 0. The van der Waals surface area contributed by atoms with Crippen molar-refractivity contribution >= 4 is 39.1 Å². The van der Waals surface area contributed by atoms with Gasteiger partial charge < -0.3 is 14.8 Å². The molecule has 0 fully saturated rings. The molecular weight excluding hydrogens is 382 g/mol. The average Bonchev–Trinajstić information content (AvgIpc) is 2.53. The molecule has 23 heavy (non-hydrogen) atoms. The average molecular weight is 397 g/mol. The molecule has 0 spiro atoms. The van der Waals surface area contributed by atoms with Crippen LogP contribution in [0.15, 0.2) is 59.6 Å². The summed E-state index contributed by atoms with van der Waals surface area (Å²) < 4.78 is 11.6. The molecule has 6 heteroatoms. The number of carbonyl (C=O) groups excluding carboxylic acids is 1. The van der Waals surface area contributed by atoms with Gasteiger partial charge in [0.1, 0.15) is 18.1 Å². The number of ether oxygens (including phenoxy) is 2. The van der Waals surface area contributed by atoms with Crippen molar-refractivity contribution in [2.45, 2.75) is 0 Å². The van der Waals surface area contributed by atoms with Crippen LogP contribution in [0.25, 0.3) is 0 Å². The molecule has 0 aliphatic heterocycles. The topological polar surface area (TPSA) is 47.6 Å². The molecule has 1 N–H and O–H groups in total. The summed E-state index contributed by atoms with van der Waals surface area (Å²) >= 11 is 9.19. The number of hydrogen-bond donors (Lipinski definition) is 1. The van der Waals surface area contributed by atoms with Crippen LogP contribution in [0, 0.1) is 0 Å². The van der Waals surface area contributed by atoms with Crippen LogP contribution in [0.5, 0.6) is 11.5 Å². The lowest BCUT2D eigenvalue weighted by Gasteiger charge is -2.12. The number of rotatable bonds is 7. The van der Waals surface area contributed by atoms with E-state index in [9.17, 15) is 4.79 Å². The number of carbonyl (C=O) groups is 1. The minimum atomic E-state index is -0.290. The van der Waals surface area contributed by atoms with E-state index >= 15 is 0 Å². The molecule has 0 bridgehead atoms. The summed E-state index contributed by atoms with van der Waals surface area (Å²) in [6.45, 7) is 3.83. The van der Waals surface area contributed by atoms with Gasteiger partial charge >= 0.3 is 0 Å². The van der Waals surface area contributed by atoms with Crippen molar-refractivity contribution in [2.75, 3.05) is 18.5 Å². The van der Waals surface area contributed by atoms with Crippen LogP contribution in [0.2, 0.25) is 5.02 Å². The number of anilines is 1. The molecule has 4 nitrogen and oxygen atoms in total. The smallest absolute Gasteiger partial charge is 0.262 e. The summed E-state index contributed by atoms with van der Waals surface area (Å²) in [5.41, 5.74) is 0.582. The Bertz CT molecular complexity index is 706. The molecule has 0 aliphatic rings. The highest BCUT2D eigenvalue weighted by atomic mass is 79.9. The second-order valence-corrected chi connectivity index (χ2v) is 5.80. The summed E-state index contributed by atoms with van der Waals surface area (Å²) in [6, 6.07) is 12.3. The van der Waals surface area contributed by atoms with E-state index in [2.05, 4.69) is 27.8 Å². The molecule has 0 aromatic heterocycles. The summed E-state index contributed by atoms with van der Waals surface area (Å²) in [6.07, 6.45) is 1.64. The minimum absolute atomic E-state index is 0.129. The van der Waals surface area contributed by atoms with E-state index < -0.39 is 0 Å². The number of para-hydroxylation sites is 2. The monoisotopic (exact) mass is 395 g/mol. The standard InChI is InChI=1S/C17H15BrClNO3/c1-2-9-22-16-6-4-3-5-14(16)20-17(21)11-23-15-8-7-12(19)10-13(15)18/h2-8,10H,1,9,11H2,(H,20,21). The van der Waals surface area contributed by atoms with Gasteiger partial charge in [-0.05, 0) is 46.3 Å². The Morgan fingerprint density at radius 2 is 2.00 bits per heavy atom. The summed E-state index contributed by atoms with van der Waals surface area (Å²) in [5, 5.41) is 3.34. The third-order valence-corrected chi connectivity index (χ3v) is 3.63. The molecule has 0 saturated carbocycles. The first-order chi connectivity index (χ1) is 11.1. The Morgan fingerprint density at radius 1 is 1.22 bits per heavy atom. The lowest BCUT2D eigenvalue weighted by Crippen LogP contribution is -2.20. The van der Waals surface area contributed by atoms with Crippen LogP contribution in [-0.2, 0) is 4.79 Å². The quantitative estimate of drug-likeness (QED) is 0.691. The van der Waals surface area contributed by atoms with Crippen LogP contribution in [-0.4, -0.2) is 19.1 Å². The zero-order chi connectivity index (χ0) is 16.7. The Hall–Kier alpha value is -1.98. The van der Waals surface area contributed by atoms with Crippen molar-refractivity contribution in [1.29, 1.82) is 0 Å². The Balaban J connectivity index is 1.96. The fourth-order valence-electron chi connectivity index (χ4n) is 1.77. The molecule has 120 valence electrons. The van der Waals surface area contributed by atoms with Crippen molar-refractivity contribution in [3.8, 4) is 11.5 Å². The van der Waals surface area contributed by atoms with Gasteiger partial charge in [0.2, 0.25) is 0 Å². The van der Waals surface area contributed by atoms with E-state index in [1.807, 2.05) is 12.1 Å². The van der Waals surface area contributed by atoms with Crippen molar-refractivity contribution < 1.29 is 14.3 Å². The maximum Gasteiger partial charge on any atom is 0.262 e. The van der Waals surface area contributed by atoms with E-state index in [0.717, 1.165) is 0 Å². The first-order valence-electron chi connectivity index (χ1n) is 6.80. The fraction of sp³-hybridized carbons (Fsp3) is 0.118. The van der Waals surface area contributed by atoms with Crippen LogP contribution in [0.1, 0.15) is 0 Å². The predicted octanol–water partition coefficient (Wildman–Crippen LogP) is 4.68. The van der Waals surface area contributed by atoms with Crippen molar-refractivity contribution in [1.82, 2.24) is 0 Å². The van der Waals surface area contributed by atoms with Gasteiger partial charge in [-0.1, -0.05) is 36.4 Å². The van der Waals surface area contributed by atoms with Gasteiger partial charge in [0.15, 0.2) is 6.61 Å². The Morgan fingerprint density at radius 3 is 2.74 bits per heavy atom. The van der Waals surface area contributed by atoms with Gasteiger partial charge in [-0.25, -0.2) is 0 Å². The molecule has 0 aliphatic carbocycles. The predicted molar refractivity (Wildman–Crippen MR) is 95.4 cm³/mol. The highest BCUT2D eigenvalue weighted by Crippen LogP contribution is 2.28. The van der Waals surface area contributed by atoms with Crippen LogP contribution < -0.4 is 14.8 Å². The summed E-state index contributed by atoms with van der Waals surface area (Å²) in [4.78, 5) is 12.0. The van der Waals surface area contributed by atoms with Crippen LogP contribution in [0.3, 0.4) is 0 Å². The molecular formula is C17H15BrClNO3. The van der Waals surface area contributed by atoms with E-state index in [-0.39, 0.29) is 12.5 Å². The Labute approximate surface area is 148 Å². The van der Waals surface area contributed by atoms with Crippen molar-refractivity contribution in [3.63, 3.8) is 0 Å². The van der Waals surface area contributed by atoms with Gasteiger partial charge in [-0.2, -0.15) is 0 Å². The largest absolute Gasteiger partial charge is 0.487 e. The molecule has 0 radical (unpaired) electrons.